The number of aryl methyl sites for hydroxylation is 2. The van der Waals surface area contributed by atoms with Crippen molar-refractivity contribution in [3.8, 4) is 44.9 Å². The van der Waals surface area contributed by atoms with Crippen molar-refractivity contribution >= 4 is 21.9 Å². The lowest BCUT2D eigenvalue weighted by Gasteiger charge is -2.10. The fourth-order valence-corrected chi connectivity index (χ4v) is 5.49. The summed E-state index contributed by atoms with van der Waals surface area (Å²) >= 11 is 0. The van der Waals surface area contributed by atoms with Crippen molar-refractivity contribution in [2.24, 2.45) is 7.05 Å². The first-order valence-corrected chi connectivity index (χ1v) is 13.2. The van der Waals surface area contributed by atoms with Crippen LogP contribution in [0.1, 0.15) is 5.56 Å². The van der Waals surface area contributed by atoms with Gasteiger partial charge in [0, 0.05) is 34.0 Å². The summed E-state index contributed by atoms with van der Waals surface area (Å²) in [6.07, 6.45) is 2.08. The van der Waals surface area contributed by atoms with E-state index in [0.29, 0.717) is 0 Å². The van der Waals surface area contributed by atoms with E-state index in [2.05, 4.69) is 128 Å². The fourth-order valence-electron chi connectivity index (χ4n) is 5.49. The highest BCUT2D eigenvalue weighted by Gasteiger charge is 2.22. The molecule has 0 saturated heterocycles. The highest BCUT2D eigenvalue weighted by molar-refractivity contribution is 6.13. The molecule has 0 amide bonds. The average molecular weight is 504 g/mol. The minimum atomic E-state index is 0.856. The summed E-state index contributed by atoms with van der Waals surface area (Å²) in [6, 6.07) is 42.2. The molecule has 0 atom stereocenters. The zero-order chi connectivity index (χ0) is 26.3. The molecule has 7 rings (SSSR count). The lowest BCUT2D eigenvalue weighted by Crippen LogP contribution is -2.30. The summed E-state index contributed by atoms with van der Waals surface area (Å²) in [4.78, 5) is 5.17. The topological polar surface area (TPSA) is 29.9 Å². The predicted octanol–water partition coefficient (Wildman–Crippen LogP) is 8.78. The van der Waals surface area contributed by atoms with Crippen LogP contribution in [-0.4, -0.2) is 4.98 Å². The smallest absolute Gasteiger partial charge is 0.216 e. The van der Waals surface area contributed by atoms with Gasteiger partial charge in [0.05, 0.1) is 17.0 Å². The second kappa shape index (κ2) is 9.38. The van der Waals surface area contributed by atoms with Crippen molar-refractivity contribution < 1.29 is 8.98 Å². The Morgan fingerprint density at radius 2 is 1.28 bits per heavy atom. The van der Waals surface area contributed by atoms with Crippen LogP contribution in [-0.2, 0) is 7.05 Å². The van der Waals surface area contributed by atoms with E-state index in [0.717, 1.165) is 66.8 Å². The Labute approximate surface area is 227 Å². The summed E-state index contributed by atoms with van der Waals surface area (Å²) in [6.45, 7) is 2.15. The van der Waals surface area contributed by atoms with Gasteiger partial charge in [0.25, 0.3) is 0 Å². The van der Waals surface area contributed by atoms with E-state index in [4.69, 9.17) is 9.40 Å². The summed E-state index contributed by atoms with van der Waals surface area (Å²) in [5.74, 6) is 0. The Morgan fingerprint density at radius 3 is 2.05 bits per heavy atom. The monoisotopic (exact) mass is 503 g/mol. The van der Waals surface area contributed by atoms with Gasteiger partial charge in [-0.25, -0.2) is 9.55 Å². The highest BCUT2D eigenvalue weighted by atomic mass is 16.3. The van der Waals surface area contributed by atoms with Crippen molar-refractivity contribution in [1.82, 2.24) is 4.98 Å². The van der Waals surface area contributed by atoms with Gasteiger partial charge < -0.3 is 4.42 Å². The molecular weight excluding hydrogens is 476 g/mol. The van der Waals surface area contributed by atoms with Crippen molar-refractivity contribution in [2.45, 2.75) is 6.92 Å². The van der Waals surface area contributed by atoms with Crippen molar-refractivity contribution in [3.05, 3.63) is 133 Å². The molecule has 3 aromatic heterocycles. The van der Waals surface area contributed by atoms with E-state index in [1.54, 1.807) is 0 Å². The lowest BCUT2D eigenvalue weighted by atomic mass is 9.98. The van der Waals surface area contributed by atoms with Gasteiger partial charge in [0.15, 0.2) is 6.20 Å². The molecule has 0 unspecified atom stereocenters. The Kier molecular flexibility index (Phi) is 5.56. The van der Waals surface area contributed by atoms with E-state index in [-0.39, 0.29) is 0 Å². The maximum absolute atomic E-state index is 6.80. The molecule has 0 radical (unpaired) electrons. The number of pyridine rings is 2. The van der Waals surface area contributed by atoms with E-state index in [9.17, 15) is 0 Å². The van der Waals surface area contributed by atoms with Gasteiger partial charge in [0.2, 0.25) is 5.69 Å². The first-order chi connectivity index (χ1) is 19.2. The van der Waals surface area contributed by atoms with Crippen LogP contribution >= 0.6 is 0 Å². The van der Waals surface area contributed by atoms with Gasteiger partial charge >= 0.3 is 0 Å². The maximum atomic E-state index is 6.80. The van der Waals surface area contributed by atoms with E-state index < -0.39 is 0 Å². The summed E-state index contributed by atoms with van der Waals surface area (Å²) in [5.41, 5.74) is 11.4. The summed E-state index contributed by atoms with van der Waals surface area (Å²) < 4.78 is 8.94. The minimum Gasteiger partial charge on any atom is -0.454 e. The van der Waals surface area contributed by atoms with E-state index >= 15 is 0 Å². The molecule has 3 heterocycles. The van der Waals surface area contributed by atoms with Crippen LogP contribution in [0.25, 0.3) is 66.8 Å². The zero-order valence-corrected chi connectivity index (χ0v) is 21.9. The Hall–Kier alpha value is -5.02. The molecule has 3 nitrogen and oxygen atoms in total. The SMILES string of the molecule is Cc1ccc2c(oc3c(-c4cc(-c5ccccc5)cc(-c5ccccc5)n4)cccc32)c1-c1cccc[n+]1C. The molecule has 39 heavy (non-hydrogen) atoms. The van der Waals surface area contributed by atoms with E-state index in [1.165, 1.54) is 5.56 Å². The first-order valence-electron chi connectivity index (χ1n) is 13.2. The summed E-state index contributed by atoms with van der Waals surface area (Å²) in [5, 5.41) is 2.20. The molecule has 0 fully saturated rings. The van der Waals surface area contributed by atoms with Crippen LogP contribution in [0.4, 0.5) is 0 Å². The molecule has 4 aromatic carbocycles. The number of aromatic nitrogens is 2. The fraction of sp³-hybridized carbons (Fsp3) is 0.0556. The normalized spacial score (nSPS) is 11.3. The van der Waals surface area contributed by atoms with Gasteiger partial charge in [0.1, 0.15) is 18.2 Å². The quantitative estimate of drug-likeness (QED) is 0.225. The van der Waals surface area contributed by atoms with Gasteiger partial charge in [-0.2, -0.15) is 0 Å². The second-order valence-electron chi connectivity index (χ2n) is 9.97. The molecule has 0 bridgehead atoms. The Morgan fingerprint density at radius 1 is 0.590 bits per heavy atom. The third-order valence-electron chi connectivity index (χ3n) is 7.46. The highest BCUT2D eigenvalue weighted by Crippen LogP contribution is 2.41. The van der Waals surface area contributed by atoms with Crippen LogP contribution in [0.2, 0.25) is 0 Å². The minimum absolute atomic E-state index is 0.856. The van der Waals surface area contributed by atoms with Gasteiger partial charge in [-0.1, -0.05) is 84.9 Å². The van der Waals surface area contributed by atoms with Gasteiger partial charge in [-0.3, -0.25) is 0 Å². The van der Waals surface area contributed by atoms with Crippen LogP contribution in [0.5, 0.6) is 0 Å². The molecule has 0 spiro atoms. The Balaban J connectivity index is 1.51. The largest absolute Gasteiger partial charge is 0.454 e. The first kappa shape index (κ1) is 23.1. The molecule has 0 N–H and O–H groups in total. The van der Waals surface area contributed by atoms with Crippen LogP contribution < -0.4 is 4.57 Å². The molecule has 186 valence electrons. The van der Waals surface area contributed by atoms with Crippen LogP contribution in [0, 0.1) is 6.92 Å². The zero-order valence-electron chi connectivity index (χ0n) is 21.9. The third-order valence-corrected chi connectivity index (χ3v) is 7.46. The third kappa shape index (κ3) is 4.00. The number of para-hydroxylation sites is 1. The number of hydrogen-bond donors (Lipinski definition) is 0. The molecule has 3 heteroatoms. The van der Waals surface area contributed by atoms with Crippen molar-refractivity contribution in [3.63, 3.8) is 0 Å². The Bertz CT molecular complexity index is 1910. The predicted molar refractivity (Wildman–Crippen MR) is 159 cm³/mol. The van der Waals surface area contributed by atoms with E-state index in [1.807, 2.05) is 18.2 Å². The standard InChI is InChI=1S/C36H27N2O/c1-24-19-20-29-28-16-11-17-30(35(28)39-36(29)34(24)33-18-9-10-21-38(33)2)32-23-27(25-12-5-3-6-13-25)22-31(37-32)26-14-7-4-8-15-26/h3-23H,1-2H3/q+1. The van der Waals surface area contributed by atoms with Crippen molar-refractivity contribution in [1.29, 1.82) is 0 Å². The lowest BCUT2D eigenvalue weighted by molar-refractivity contribution is -0.660. The number of rotatable bonds is 4. The molecule has 0 saturated carbocycles. The average Bonchev–Trinajstić information content (AvgIpc) is 3.37. The van der Waals surface area contributed by atoms with Gasteiger partial charge in [-0.15, -0.1) is 0 Å². The molecule has 0 aliphatic heterocycles. The molecule has 0 aliphatic carbocycles. The number of fused-ring (bicyclic) bond motifs is 3. The summed E-state index contributed by atoms with van der Waals surface area (Å²) in [7, 11) is 2.08. The van der Waals surface area contributed by atoms with Crippen molar-refractivity contribution in [2.75, 3.05) is 0 Å². The van der Waals surface area contributed by atoms with Crippen LogP contribution in [0.15, 0.2) is 132 Å². The number of benzene rings is 4. The number of furan rings is 1. The van der Waals surface area contributed by atoms with Crippen LogP contribution in [0.3, 0.4) is 0 Å². The maximum Gasteiger partial charge on any atom is 0.216 e. The molecule has 7 aromatic rings. The second-order valence-corrected chi connectivity index (χ2v) is 9.97. The number of hydrogen-bond acceptors (Lipinski definition) is 2. The van der Waals surface area contributed by atoms with Gasteiger partial charge in [-0.05, 0) is 47.9 Å². The molecular formula is C36H27N2O+. The number of nitrogens with zero attached hydrogens (tertiary/aromatic N) is 2. The molecule has 0 aliphatic rings.